The molecule has 3 N–H and O–H groups in total. The Morgan fingerprint density at radius 1 is 0.902 bits per heavy atom. The highest BCUT2D eigenvalue weighted by molar-refractivity contribution is 6.39. The Morgan fingerprint density at radius 3 is 2.12 bits per heavy atom. The molecule has 1 fully saturated rings. The number of barbiturate groups is 1. The van der Waals surface area contributed by atoms with Gasteiger partial charge < -0.3 is 24.3 Å². The SMILES string of the molecule is CCOc1ccc(N2C(=O)NC(=O)/C(=C\c3cc(C)n(-c4cc(C(=O)O)cc(C(=O)O)c4)c3C)C2=O)c(OCC)c1. The van der Waals surface area contributed by atoms with Gasteiger partial charge in [-0.2, -0.15) is 0 Å². The molecule has 1 aliphatic heterocycles. The van der Waals surface area contributed by atoms with E-state index in [4.69, 9.17) is 9.47 Å². The van der Waals surface area contributed by atoms with Crippen LogP contribution in [0.4, 0.5) is 10.5 Å². The summed E-state index contributed by atoms with van der Waals surface area (Å²) in [4.78, 5) is 63.3. The average molecular weight is 562 g/mol. The zero-order chi connectivity index (χ0) is 30.0. The number of aromatic nitrogens is 1. The van der Waals surface area contributed by atoms with Crippen LogP contribution < -0.4 is 19.7 Å². The predicted octanol–water partition coefficient (Wildman–Crippen LogP) is 3.95. The predicted molar refractivity (Wildman–Crippen MR) is 147 cm³/mol. The standard InChI is InChI=1S/C29H27N3O9/c1-5-40-21-7-8-23(24(14-21)41-6-2)32-26(34)22(25(33)30-29(32)39)13-17-9-15(3)31(16(17)4)20-11-18(27(35)36)10-19(12-20)28(37)38/h7-14H,5-6H2,1-4H3,(H,35,36)(H,37,38)(H,30,33,39)/b22-13+. The molecule has 1 aliphatic rings. The first-order valence-corrected chi connectivity index (χ1v) is 12.6. The van der Waals surface area contributed by atoms with Crippen LogP contribution in [0.3, 0.4) is 0 Å². The molecule has 1 aromatic heterocycles. The second-order valence-electron chi connectivity index (χ2n) is 8.99. The number of hydrogen-bond donors (Lipinski definition) is 3. The summed E-state index contributed by atoms with van der Waals surface area (Å²) in [7, 11) is 0. The molecule has 1 saturated heterocycles. The molecule has 0 unspecified atom stereocenters. The van der Waals surface area contributed by atoms with Gasteiger partial charge in [0.05, 0.1) is 30.0 Å². The maximum absolute atomic E-state index is 13.6. The summed E-state index contributed by atoms with van der Waals surface area (Å²) in [6.07, 6.45) is 1.32. The highest BCUT2D eigenvalue weighted by atomic mass is 16.5. The van der Waals surface area contributed by atoms with Gasteiger partial charge in [-0.15, -0.1) is 0 Å². The van der Waals surface area contributed by atoms with Crippen molar-refractivity contribution in [2.45, 2.75) is 27.7 Å². The van der Waals surface area contributed by atoms with Gasteiger partial charge in [0.25, 0.3) is 11.8 Å². The summed E-state index contributed by atoms with van der Waals surface area (Å²) < 4.78 is 12.8. The molecule has 4 amide bonds. The number of carboxylic acid groups (broad SMARTS) is 2. The first-order chi connectivity index (χ1) is 19.5. The minimum atomic E-state index is -1.30. The van der Waals surface area contributed by atoms with Crippen LogP contribution in [0.1, 0.15) is 51.5 Å². The number of carboxylic acids is 2. The Labute approximate surface area is 234 Å². The van der Waals surface area contributed by atoms with Crippen molar-refractivity contribution in [1.29, 1.82) is 0 Å². The lowest BCUT2D eigenvalue weighted by Gasteiger charge is -2.28. The molecule has 0 atom stereocenters. The van der Waals surface area contributed by atoms with Gasteiger partial charge in [-0.05, 0) is 75.7 Å². The number of benzene rings is 2. The fraction of sp³-hybridized carbons (Fsp3) is 0.207. The van der Waals surface area contributed by atoms with E-state index in [1.807, 2.05) is 6.92 Å². The van der Waals surface area contributed by atoms with E-state index in [0.717, 1.165) is 11.0 Å². The number of hydrogen-bond acceptors (Lipinski definition) is 7. The number of nitrogens with one attached hydrogen (secondary N) is 1. The van der Waals surface area contributed by atoms with Gasteiger partial charge in [-0.3, -0.25) is 14.9 Å². The molecular weight excluding hydrogens is 534 g/mol. The van der Waals surface area contributed by atoms with Crippen LogP contribution in [0.25, 0.3) is 11.8 Å². The van der Waals surface area contributed by atoms with Gasteiger partial charge in [0.2, 0.25) is 0 Å². The average Bonchev–Trinajstić information content (AvgIpc) is 3.19. The molecule has 0 bridgehead atoms. The normalized spacial score (nSPS) is 14.3. The van der Waals surface area contributed by atoms with Gasteiger partial charge in [0.15, 0.2) is 0 Å². The first-order valence-electron chi connectivity index (χ1n) is 12.6. The highest BCUT2D eigenvalue weighted by Crippen LogP contribution is 2.35. The van der Waals surface area contributed by atoms with Crippen molar-refractivity contribution in [3.05, 3.63) is 76.1 Å². The Balaban J connectivity index is 1.80. The van der Waals surface area contributed by atoms with Gasteiger partial charge >= 0.3 is 18.0 Å². The minimum Gasteiger partial charge on any atom is -0.494 e. The minimum absolute atomic E-state index is 0.119. The lowest BCUT2D eigenvalue weighted by Crippen LogP contribution is -2.54. The molecule has 0 saturated carbocycles. The Bertz CT molecular complexity index is 1600. The topological polar surface area (TPSA) is 164 Å². The van der Waals surface area contributed by atoms with E-state index in [1.54, 1.807) is 43.5 Å². The fourth-order valence-corrected chi connectivity index (χ4v) is 4.56. The lowest BCUT2D eigenvalue weighted by atomic mass is 10.1. The van der Waals surface area contributed by atoms with Crippen molar-refractivity contribution in [1.82, 2.24) is 9.88 Å². The Kier molecular flexibility index (Phi) is 7.94. The third-order valence-corrected chi connectivity index (χ3v) is 6.32. The molecule has 41 heavy (non-hydrogen) atoms. The Morgan fingerprint density at radius 2 is 1.54 bits per heavy atom. The van der Waals surface area contributed by atoms with Gasteiger partial charge in [-0.1, -0.05) is 0 Å². The second-order valence-corrected chi connectivity index (χ2v) is 8.99. The van der Waals surface area contributed by atoms with Crippen LogP contribution in [-0.4, -0.2) is 57.8 Å². The van der Waals surface area contributed by atoms with Crippen LogP contribution in [0.2, 0.25) is 0 Å². The molecule has 12 nitrogen and oxygen atoms in total. The van der Waals surface area contributed by atoms with Gasteiger partial charge in [0.1, 0.15) is 17.1 Å². The molecule has 0 spiro atoms. The zero-order valence-electron chi connectivity index (χ0n) is 22.7. The number of anilines is 1. The molecule has 3 aromatic rings. The van der Waals surface area contributed by atoms with Crippen molar-refractivity contribution in [2.75, 3.05) is 18.1 Å². The molecule has 4 rings (SSSR count). The van der Waals surface area contributed by atoms with E-state index in [2.05, 4.69) is 5.32 Å². The molecule has 2 heterocycles. The van der Waals surface area contributed by atoms with Crippen molar-refractivity contribution >= 4 is 41.5 Å². The van der Waals surface area contributed by atoms with E-state index < -0.39 is 29.8 Å². The maximum Gasteiger partial charge on any atom is 0.336 e. The van der Waals surface area contributed by atoms with Crippen LogP contribution >= 0.6 is 0 Å². The molecule has 212 valence electrons. The van der Waals surface area contributed by atoms with Crippen molar-refractivity contribution in [3.63, 3.8) is 0 Å². The summed E-state index contributed by atoms with van der Waals surface area (Å²) in [5.74, 6) is -3.69. The largest absolute Gasteiger partial charge is 0.494 e. The fourth-order valence-electron chi connectivity index (χ4n) is 4.56. The van der Waals surface area contributed by atoms with Gasteiger partial charge in [0, 0.05) is 23.1 Å². The van der Waals surface area contributed by atoms with Crippen molar-refractivity contribution in [2.24, 2.45) is 0 Å². The van der Waals surface area contributed by atoms with E-state index in [1.165, 1.54) is 24.3 Å². The molecule has 0 aliphatic carbocycles. The number of aryl methyl sites for hydroxylation is 1. The molecule has 2 aromatic carbocycles. The van der Waals surface area contributed by atoms with Crippen LogP contribution in [-0.2, 0) is 9.59 Å². The molecule has 0 radical (unpaired) electrons. The number of carbonyl (C=O) groups is 5. The monoisotopic (exact) mass is 561 g/mol. The van der Waals surface area contributed by atoms with E-state index in [0.29, 0.717) is 29.3 Å². The van der Waals surface area contributed by atoms with Crippen molar-refractivity contribution < 1.29 is 43.7 Å². The summed E-state index contributed by atoms with van der Waals surface area (Å²) in [5, 5.41) is 21.1. The quantitative estimate of drug-likeness (QED) is 0.259. The van der Waals surface area contributed by atoms with E-state index in [-0.39, 0.29) is 40.4 Å². The van der Waals surface area contributed by atoms with E-state index in [9.17, 15) is 34.2 Å². The van der Waals surface area contributed by atoms with Crippen LogP contribution in [0.15, 0.2) is 48.0 Å². The number of urea groups is 1. The zero-order valence-corrected chi connectivity index (χ0v) is 22.7. The number of carbonyl (C=O) groups excluding carboxylic acids is 3. The molecule has 12 heteroatoms. The van der Waals surface area contributed by atoms with Crippen molar-refractivity contribution in [3.8, 4) is 17.2 Å². The number of rotatable bonds is 9. The second kappa shape index (κ2) is 11.4. The number of amides is 4. The smallest absolute Gasteiger partial charge is 0.336 e. The van der Waals surface area contributed by atoms with Crippen LogP contribution in [0.5, 0.6) is 11.5 Å². The van der Waals surface area contributed by atoms with Crippen LogP contribution in [0, 0.1) is 13.8 Å². The summed E-state index contributed by atoms with van der Waals surface area (Å²) >= 11 is 0. The highest BCUT2D eigenvalue weighted by Gasteiger charge is 2.38. The number of nitrogens with zero attached hydrogens (tertiary/aromatic N) is 2. The van der Waals surface area contributed by atoms with Gasteiger partial charge in [-0.25, -0.2) is 19.3 Å². The summed E-state index contributed by atoms with van der Waals surface area (Å²) in [6.45, 7) is 7.56. The third kappa shape index (κ3) is 5.53. The first kappa shape index (κ1) is 28.6. The third-order valence-electron chi connectivity index (χ3n) is 6.32. The lowest BCUT2D eigenvalue weighted by molar-refractivity contribution is -0.122. The molecular formula is C29H27N3O9. The Hall–Kier alpha value is -5.39. The summed E-state index contributed by atoms with van der Waals surface area (Å²) in [5.41, 5.74) is 1.12. The number of aromatic carboxylic acids is 2. The number of imide groups is 2. The van der Waals surface area contributed by atoms with E-state index >= 15 is 0 Å². The summed E-state index contributed by atoms with van der Waals surface area (Å²) in [6, 6.07) is 9.03. The number of ether oxygens (including phenoxy) is 2. The maximum atomic E-state index is 13.6.